The minimum atomic E-state index is -3.58. The predicted molar refractivity (Wildman–Crippen MR) is 103 cm³/mol. The first-order valence-electron chi connectivity index (χ1n) is 8.71. The monoisotopic (exact) mass is 363 g/mol. The zero-order chi connectivity index (χ0) is 19.3. The van der Waals surface area contributed by atoms with Crippen molar-refractivity contribution in [2.75, 3.05) is 5.75 Å². The van der Waals surface area contributed by atoms with Crippen molar-refractivity contribution in [2.24, 2.45) is 0 Å². The van der Waals surface area contributed by atoms with E-state index in [1.807, 2.05) is 26.8 Å². The second-order valence-electron chi connectivity index (χ2n) is 7.48. The van der Waals surface area contributed by atoms with Crippen LogP contribution in [0.25, 0.3) is 6.08 Å². The fraction of sp³-hybridized carbons (Fsp3) is 0.550. The van der Waals surface area contributed by atoms with Crippen LogP contribution in [0.5, 0.6) is 5.75 Å². The fourth-order valence-electron chi connectivity index (χ4n) is 2.63. The summed E-state index contributed by atoms with van der Waals surface area (Å²) in [5.74, 6) is 0.209. The molecule has 0 bridgehead atoms. The molecular formula is C20H29NO3S. The number of rotatable bonds is 7. The number of phenols is 1. The third-order valence-electron chi connectivity index (χ3n) is 4.14. The molecule has 0 amide bonds. The Bertz CT molecular complexity index is 778. The van der Waals surface area contributed by atoms with Gasteiger partial charge in [0.25, 0.3) is 0 Å². The number of benzene rings is 1. The van der Waals surface area contributed by atoms with E-state index in [4.69, 9.17) is 0 Å². The Morgan fingerprint density at radius 3 is 2.40 bits per heavy atom. The van der Waals surface area contributed by atoms with Crippen molar-refractivity contribution in [1.29, 1.82) is 5.26 Å². The SMILES string of the molecule is CCCCCCS(=O)(=O)C(C#N)=Cc1cc(C)c(O)c(C(C)(C)C)c1. The van der Waals surface area contributed by atoms with Gasteiger partial charge in [0, 0.05) is 5.56 Å². The van der Waals surface area contributed by atoms with E-state index in [-0.39, 0.29) is 21.8 Å². The van der Waals surface area contributed by atoms with Crippen molar-refractivity contribution in [1.82, 2.24) is 0 Å². The molecule has 1 aromatic carbocycles. The van der Waals surface area contributed by atoms with Crippen LogP contribution >= 0.6 is 0 Å². The van der Waals surface area contributed by atoms with Crippen molar-refractivity contribution < 1.29 is 13.5 Å². The van der Waals surface area contributed by atoms with Crippen LogP contribution in [0.1, 0.15) is 70.1 Å². The second kappa shape index (κ2) is 8.53. The summed E-state index contributed by atoms with van der Waals surface area (Å²) in [5.41, 5.74) is 1.73. The van der Waals surface area contributed by atoms with Crippen molar-refractivity contribution in [3.63, 3.8) is 0 Å². The average molecular weight is 364 g/mol. The molecule has 0 saturated carbocycles. The summed E-state index contributed by atoms with van der Waals surface area (Å²) in [4.78, 5) is -0.214. The summed E-state index contributed by atoms with van der Waals surface area (Å²) in [6.45, 7) is 9.77. The Hall–Kier alpha value is -1.80. The lowest BCUT2D eigenvalue weighted by Crippen LogP contribution is -2.12. The molecule has 1 rings (SSSR count). The first-order chi connectivity index (χ1) is 11.5. The molecule has 4 nitrogen and oxygen atoms in total. The minimum Gasteiger partial charge on any atom is -0.507 e. The number of nitriles is 1. The van der Waals surface area contributed by atoms with Gasteiger partial charge in [-0.05, 0) is 48.1 Å². The van der Waals surface area contributed by atoms with E-state index in [9.17, 15) is 18.8 Å². The standard InChI is InChI=1S/C20H29NO3S/c1-6-7-8-9-10-25(23,24)17(14-21)12-16-11-15(2)19(22)18(13-16)20(3,4)5/h11-13,22H,6-10H2,1-5H3. The van der Waals surface area contributed by atoms with Gasteiger partial charge in [0.2, 0.25) is 0 Å². The van der Waals surface area contributed by atoms with E-state index >= 15 is 0 Å². The number of hydrogen-bond donors (Lipinski definition) is 1. The molecule has 1 N–H and O–H groups in total. The lowest BCUT2D eigenvalue weighted by Gasteiger charge is -2.22. The second-order valence-corrected chi connectivity index (χ2v) is 9.56. The summed E-state index contributed by atoms with van der Waals surface area (Å²) in [6.07, 6.45) is 4.85. The number of aromatic hydroxyl groups is 1. The van der Waals surface area contributed by atoms with Crippen LogP contribution in [0.15, 0.2) is 17.0 Å². The number of sulfone groups is 1. The lowest BCUT2D eigenvalue weighted by molar-refractivity contribution is 0.443. The molecule has 1 aromatic rings. The van der Waals surface area contributed by atoms with Gasteiger partial charge in [0.1, 0.15) is 16.7 Å². The highest BCUT2D eigenvalue weighted by molar-refractivity contribution is 7.95. The maximum absolute atomic E-state index is 12.4. The molecule has 0 heterocycles. The van der Waals surface area contributed by atoms with E-state index < -0.39 is 9.84 Å². The molecule has 0 spiro atoms. The fourth-order valence-corrected chi connectivity index (χ4v) is 3.89. The number of hydrogen-bond acceptors (Lipinski definition) is 4. The summed E-state index contributed by atoms with van der Waals surface area (Å²) < 4.78 is 24.8. The molecule has 0 aliphatic heterocycles. The number of unbranched alkanes of at least 4 members (excludes halogenated alkanes) is 3. The minimum absolute atomic E-state index is 0.00438. The molecule has 5 heteroatoms. The van der Waals surface area contributed by atoms with Crippen LogP contribution in [-0.2, 0) is 15.3 Å². The van der Waals surface area contributed by atoms with Crippen LogP contribution in [0.3, 0.4) is 0 Å². The van der Waals surface area contributed by atoms with Gasteiger partial charge >= 0.3 is 0 Å². The smallest absolute Gasteiger partial charge is 0.188 e. The van der Waals surface area contributed by atoms with Gasteiger partial charge in [-0.25, -0.2) is 8.42 Å². The summed E-state index contributed by atoms with van der Waals surface area (Å²) in [6, 6.07) is 5.29. The van der Waals surface area contributed by atoms with Crippen molar-refractivity contribution >= 4 is 15.9 Å². The summed E-state index contributed by atoms with van der Waals surface area (Å²) in [5, 5.41) is 19.6. The van der Waals surface area contributed by atoms with Crippen molar-refractivity contribution in [3.8, 4) is 11.8 Å². The molecular weight excluding hydrogens is 334 g/mol. The highest BCUT2D eigenvalue weighted by Crippen LogP contribution is 2.34. The molecule has 0 atom stereocenters. The summed E-state index contributed by atoms with van der Waals surface area (Å²) >= 11 is 0. The molecule has 0 aliphatic rings. The molecule has 0 aromatic heterocycles. The van der Waals surface area contributed by atoms with Crippen LogP contribution in [-0.4, -0.2) is 19.3 Å². The topological polar surface area (TPSA) is 78.2 Å². The predicted octanol–water partition coefficient (Wildman–Crippen LogP) is 4.86. The van der Waals surface area contributed by atoms with E-state index in [2.05, 4.69) is 6.92 Å². The molecule has 0 radical (unpaired) electrons. The zero-order valence-electron chi connectivity index (χ0n) is 15.9. The van der Waals surface area contributed by atoms with E-state index in [1.54, 1.807) is 19.1 Å². The number of allylic oxidation sites excluding steroid dienone is 1. The van der Waals surface area contributed by atoms with Gasteiger partial charge in [-0.15, -0.1) is 0 Å². The Labute approximate surface area is 152 Å². The third kappa shape index (κ3) is 5.89. The van der Waals surface area contributed by atoms with E-state index in [1.165, 1.54) is 6.08 Å². The largest absolute Gasteiger partial charge is 0.507 e. The third-order valence-corrected chi connectivity index (χ3v) is 5.85. The first kappa shape index (κ1) is 21.2. The maximum Gasteiger partial charge on any atom is 0.188 e. The zero-order valence-corrected chi connectivity index (χ0v) is 16.7. The maximum atomic E-state index is 12.4. The van der Waals surface area contributed by atoms with Crippen LogP contribution in [0.2, 0.25) is 0 Å². The van der Waals surface area contributed by atoms with E-state index in [0.29, 0.717) is 17.5 Å². The quantitative estimate of drug-likeness (QED) is 0.554. The molecule has 0 unspecified atom stereocenters. The number of nitrogens with zero attached hydrogens (tertiary/aromatic N) is 1. The average Bonchev–Trinajstić information content (AvgIpc) is 2.51. The Morgan fingerprint density at radius 1 is 1.24 bits per heavy atom. The van der Waals surface area contributed by atoms with Crippen molar-refractivity contribution in [3.05, 3.63) is 33.7 Å². The molecule has 138 valence electrons. The summed E-state index contributed by atoms with van der Waals surface area (Å²) in [7, 11) is -3.58. The van der Waals surface area contributed by atoms with Crippen LogP contribution in [0.4, 0.5) is 0 Å². The van der Waals surface area contributed by atoms with Crippen LogP contribution < -0.4 is 0 Å². The van der Waals surface area contributed by atoms with Gasteiger partial charge in [-0.1, -0.05) is 47.0 Å². The lowest BCUT2D eigenvalue weighted by atomic mass is 9.84. The van der Waals surface area contributed by atoms with Gasteiger partial charge < -0.3 is 5.11 Å². The first-order valence-corrected chi connectivity index (χ1v) is 10.4. The van der Waals surface area contributed by atoms with Gasteiger partial charge in [-0.3, -0.25) is 0 Å². The van der Waals surface area contributed by atoms with Gasteiger partial charge in [0.15, 0.2) is 9.84 Å². The molecule has 0 saturated heterocycles. The van der Waals surface area contributed by atoms with Crippen molar-refractivity contribution in [2.45, 2.75) is 65.7 Å². The number of phenolic OH excluding ortho intramolecular Hbond substituents is 1. The molecule has 0 aliphatic carbocycles. The van der Waals surface area contributed by atoms with Crippen LogP contribution in [0, 0.1) is 18.3 Å². The van der Waals surface area contributed by atoms with Gasteiger partial charge in [0.05, 0.1) is 5.75 Å². The Balaban J connectivity index is 3.23. The van der Waals surface area contributed by atoms with E-state index in [0.717, 1.165) is 24.8 Å². The highest BCUT2D eigenvalue weighted by Gasteiger charge is 2.21. The van der Waals surface area contributed by atoms with Gasteiger partial charge in [-0.2, -0.15) is 5.26 Å². The Morgan fingerprint density at radius 2 is 1.88 bits per heavy atom. The number of aryl methyl sites for hydroxylation is 1. The Kier molecular flexibility index (Phi) is 7.25. The molecule has 0 fully saturated rings. The highest BCUT2D eigenvalue weighted by atomic mass is 32.2. The molecule has 25 heavy (non-hydrogen) atoms. The normalized spacial score (nSPS) is 12.9.